The van der Waals surface area contributed by atoms with Gasteiger partial charge in [-0.15, -0.1) is 37.1 Å². The minimum atomic E-state index is -4.72. The highest BCUT2D eigenvalue weighted by molar-refractivity contribution is 14.0. The van der Waals surface area contributed by atoms with Crippen molar-refractivity contribution in [1.29, 1.82) is 0 Å². The third-order valence-corrected chi connectivity index (χ3v) is 4.43. The van der Waals surface area contributed by atoms with Gasteiger partial charge in [-0.25, -0.2) is 0 Å². The topological polar surface area (TPSA) is 93.9 Å². The first kappa shape index (κ1) is 25.4. The molecule has 11 heteroatoms. The molecule has 1 heterocycles. The number of nitrogens with one attached hydrogen (secondary N) is 2. The minimum absolute atomic E-state index is 0. The van der Waals surface area contributed by atoms with Crippen molar-refractivity contribution >= 4 is 46.5 Å². The Labute approximate surface area is 200 Å². The Hall–Kier alpha value is -2.83. The normalized spacial score (nSPS) is 11.7. The van der Waals surface area contributed by atoms with Crippen molar-refractivity contribution in [3.8, 4) is 17.2 Å². The summed E-state index contributed by atoms with van der Waals surface area (Å²) in [5.74, 6) is 1.31. The number of aryl methyl sites for hydroxylation is 1. The highest BCUT2D eigenvalue weighted by Gasteiger charge is 2.30. The Morgan fingerprint density at radius 3 is 2.41 bits per heavy atom. The molecule has 0 saturated heterocycles. The fraction of sp³-hybridized carbons (Fsp3) is 0.286. The molecule has 1 aromatic heterocycles. The van der Waals surface area contributed by atoms with Gasteiger partial charge in [0.25, 0.3) is 0 Å². The molecular formula is C21H24F3IN4O3. The largest absolute Gasteiger partial charge is 0.573 e. The number of alkyl halides is 3. The van der Waals surface area contributed by atoms with Crippen LogP contribution in [0.3, 0.4) is 0 Å². The van der Waals surface area contributed by atoms with E-state index in [-0.39, 0.29) is 35.7 Å². The maximum atomic E-state index is 12.2. The smallest absolute Gasteiger partial charge is 0.497 e. The fourth-order valence-electron chi connectivity index (χ4n) is 3.05. The Kier molecular flexibility index (Phi) is 8.87. The van der Waals surface area contributed by atoms with Crippen LogP contribution in [0.1, 0.15) is 12.1 Å². The van der Waals surface area contributed by atoms with Crippen molar-refractivity contribution < 1.29 is 27.4 Å². The van der Waals surface area contributed by atoms with Crippen LogP contribution in [0.25, 0.3) is 10.9 Å². The number of ether oxygens (including phenoxy) is 3. The maximum absolute atomic E-state index is 12.2. The molecule has 0 amide bonds. The van der Waals surface area contributed by atoms with Crippen LogP contribution in [0, 0.1) is 0 Å². The highest BCUT2D eigenvalue weighted by Crippen LogP contribution is 2.31. The van der Waals surface area contributed by atoms with Crippen LogP contribution in [0.5, 0.6) is 17.2 Å². The summed E-state index contributed by atoms with van der Waals surface area (Å²) in [6.07, 6.45) is -3.23. The van der Waals surface area contributed by atoms with Crippen LogP contribution in [-0.4, -0.2) is 38.1 Å². The van der Waals surface area contributed by atoms with Gasteiger partial charge < -0.3 is 30.2 Å². The van der Waals surface area contributed by atoms with E-state index < -0.39 is 6.36 Å². The third-order valence-electron chi connectivity index (χ3n) is 4.43. The van der Waals surface area contributed by atoms with Crippen LogP contribution in [0.4, 0.5) is 18.9 Å². The second kappa shape index (κ2) is 11.2. The summed E-state index contributed by atoms with van der Waals surface area (Å²) in [4.78, 5) is 7.59. The minimum Gasteiger partial charge on any atom is -0.497 e. The Morgan fingerprint density at radius 1 is 1.06 bits per heavy atom. The first-order valence-electron chi connectivity index (χ1n) is 9.44. The lowest BCUT2D eigenvalue weighted by molar-refractivity contribution is -0.274. The number of anilines is 1. The van der Waals surface area contributed by atoms with Gasteiger partial charge in [-0.05, 0) is 43.2 Å². The van der Waals surface area contributed by atoms with Crippen molar-refractivity contribution in [2.75, 3.05) is 26.1 Å². The number of rotatable bonds is 8. The number of methoxy groups -OCH3 is 2. The number of nitrogens with two attached hydrogens (primary N) is 1. The van der Waals surface area contributed by atoms with Gasteiger partial charge in [-0.2, -0.15) is 0 Å². The van der Waals surface area contributed by atoms with Gasteiger partial charge in [-0.3, -0.25) is 4.99 Å². The Bertz CT molecular complexity index is 1050. The summed E-state index contributed by atoms with van der Waals surface area (Å²) in [5.41, 5.74) is 8.31. The van der Waals surface area contributed by atoms with E-state index in [0.29, 0.717) is 18.0 Å². The molecule has 4 N–H and O–H groups in total. The molecule has 32 heavy (non-hydrogen) atoms. The second-order valence-electron chi connectivity index (χ2n) is 6.65. The number of H-pyrrole nitrogens is 1. The number of fused-ring (bicyclic) bond motifs is 1. The summed E-state index contributed by atoms with van der Waals surface area (Å²) in [6.45, 7) is 0.476. The van der Waals surface area contributed by atoms with Gasteiger partial charge in [-0.1, -0.05) is 0 Å². The van der Waals surface area contributed by atoms with Crippen LogP contribution >= 0.6 is 24.0 Å². The number of aliphatic imine (C=N–C) groups is 1. The molecule has 174 valence electrons. The first-order chi connectivity index (χ1) is 14.8. The summed E-state index contributed by atoms with van der Waals surface area (Å²) in [7, 11) is 3.22. The van der Waals surface area contributed by atoms with Crippen LogP contribution in [0.15, 0.2) is 47.5 Å². The standard InChI is InChI=1S/C21H23F3N4O3.HI/c1-29-16-11-18-17(19(12-16)30-2)10-14(27-18)4-3-9-26-20(25)28-13-5-7-15(8-6-13)31-21(22,23)24;/h5-8,10-12,27H,3-4,9H2,1-2H3,(H3,25,26,28);1H. The number of hydrogen-bond donors (Lipinski definition) is 3. The molecule has 0 aliphatic rings. The summed E-state index contributed by atoms with van der Waals surface area (Å²) in [6, 6.07) is 11.0. The van der Waals surface area contributed by atoms with Crippen LogP contribution < -0.4 is 25.3 Å². The van der Waals surface area contributed by atoms with E-state index >= 15 is 0 Å². The van der Waals surface area contributed by atoms with Gasteiger partial charge >= 0.3 is 6.36 Å². The van der Waals surface area contributed by atoms with E-state index in [1.54, 1.807) is 14.2 Å². The molecule has 0 spiro atoms. The van der Waals surface area contributed by atoms with Gasteiger partial charge in [0.2, 0.25) is 0 Å². The van der Waals surface area contributed by atoms with Crippen molar-refractivity contribution in [1.82, 2.24) is 4.98 Å². The average molecular weight is 564 g/mol. The molecule has 0 radical (unpaired) electrons. The van der Waals surface area contributed by atoms with Crippen molar-refractivity contribution in [3.63, 3.8) is 0 Å². The predicted octanol–water partition coefficient (Wildman–Crippen LogP) is 5.06. The van der Waals surface area contributed by atoms with Gasteiger partial charge in [0, 0.05) is 35.4 Å². The SMILES string of the molecule is COc1cc(OC)c2cc(CCCN=C(N)Nc3ccc(OC(F)(F)F)cc3)[nH]c2c1.I. The number of nitrogens with zero attached hydrogens (tertiary/aromatic N) is 1. The Morgan fingerprint density at radius 2 is 1.78 bits per heavy atom. The molecule has 3 aromatic rings. The molecule has 0 atom stereocenters. The maximum Gasteiger partial charge on any atom is 0.573 e. The summed E-state index contributed by atoms with van der Waals surface area (Å²) < 4.78 is 51.1. The fourth-order valence-corrected chi connectivity index (χ4v) is 3.05. The van der Waals surface area contributed by atoms with E-state index in [1.807, 2.05) is 18.2 Å². The van der Waals surface area contributed by atoms with E-state index in [0.717, 1.165) is 35.2 Å². The lowest BCUT2D eigenvalue weighted by Crippen LogP contribution is -2.23. The van der Waals surface area contributed by atoms with Gasteiger partial charge in [0.15, 0.2) is 5.96 Å². The van der Waals surface area contributed by atoms with E-state index in [2.05, 4.69) is 20.0 Å². The number of guanidine groups is 1. The lowest BCUT2D eigenvalue weighted by Gasteiger charge is -2.10. The Balaban J connectivity index is 0.00000363. The van der Waals surface area contributed by atoms with Gasteiger partial charge in [0.05, 0.1) is 19.7 Å². The molecule has 3 rings (SSSR count). The summed E-state index contributed by atoms with van der Waals surface area (Å²) in [5, 5.41) is 3.81. The van der Waals surface area contributed by atoms with Crippen molar-refractivity contribution in [3.05, 3.63) is 48.2 Å². The quantitative estimate of drug-likeness (QED) is 0.154. The first-order valence-corrected chi connectivity index (χ1v) is 9.44. The van der Waals surface area contributed by atoms with Crippen molar-refractivity contribution in [2.24, 2.45) is 10.7 Å². The van der Waals surface area contributed by atoms with Crippen LogP contribution in [0.2, 0.25) is 0 Å². The molecular weight excluding hydrogens is 540 g/mol. The monoisotopic (exact) mass is 564 g/mol. The number of aromatic nitrogens is 1. The van der Waals surface area contributed by atoms with E-state index in [9.17, 15) is 13.2 Å². The molecule has 0 unspecified atom stereocenters. The number of halogens is 4. The van der Waals surface area contributed by atoms with E-state index in [1.165, 1.54) is 24.3 Å². The summed E-state index contributed by atoms with van der Waals surface area (Å²) >= 11 is 0. The zero-order chi connectivity index (χ0) is 22.4. The molecule has 0 aliphatic heterocycles. The predicted molar refractivity (Wildman–Crippen MR) is 128 cm³/mol. The zero-order valence-corrected chi connectivity index (χ0v) is 19.8. The molecule has 7 nitrogen and oxygen atoms in total. The van der Waals surface area contributed by atoms with E-state index in [4.69, 9.17) is 15.2 Å². The molecule has 0 aliphatic carbocycles. The molecule has 2 aromatic carbocycles. The molecule has 0 saturated carbocycles. The molecule has 0 bridgehead atoms. The number of benzene rings is 2. The molecule has 0 fully saturated rings. The average Bonchev–Trinajstić information content (AvgIpc) is 3.13. The number of aromatic amines is 1. The van der Waals surface area contributed by atoms with Crippen LogP contribution in [-0.2, 0) is 6.42 Å². The lowest BCUT2D eigenvalue weighted by atomic mass is 10.2. The van der Waals surface area contributed by atoms with Gasteiger partial charge in [0.1, 0.15) is 17.2 Å². The third kappa shape index (κ3) is 7.11. The second-order valence-corrected chi connectivity index (χ2v) is 6.65. The zero-order valence-electron chi connectivity index (χ0n) is 17.5. The highest BCUT2D eigenvalue weighted by atomic mass is 127. The number of hydrogen-bond acceptors (Lipinski definition) is 4. The van der Waals surface area contributed by atoms with Crippen molar-refractivity contribution in [2.45, 2.75) is 19.2 Å².